The third-order valence-electron chi connectivity index (χ3n) is 8.36. The highest BCUT2D eigenvalue weighted by Crippen LogP contribution is 2.52. The Hall–Kier alpha value is -4.24. The van der Waals surface area contributed by atoms with Gasteiger partial charge in [0, 0.05) is 30.8 Å². The van der Waals surface area contributed by atoms with Crippen LogP contribution < -0.4 is 4.90 Å². The van der Waals surface area contributed by atoms with Gasteiger partial charge in [0.2, 0.25) is 0 Å². The summed E-state index contributed by atoms with van der Waals surface area (Å²) < 4.78 is 0. The molecule has 2 aliphatic heterocycles. The molecule has 3 aromatic carbocycles. The number of aromatic nitrogens is 2. The molecule has 35 heavy (non-hydrogen) atoms. The Morgan fingerprint density at radius 2 is 1.23 bits per heavy atom. The molecule has 4 aliphatic rings. The predicted octanol–water partition coefficient (Wildman–Crippen LogP) is 6.90. The lowest BCUT2D eigenvalue weighted by Crippen LogP contribution is -2.26. The average Bonchev–Trinajstić information content (AvgIpc) is 3.43. The maximum atomic E-state index is 4.84. The number of anilines is 3. The van der Waals surface area contributed by atoms with Gasteiger partial charge in [-0.05, 0) is 105 Å². The Morgan fingerprint density at radius 1 is 0.514 bits per heavy atom. The summed E-state index contributed by atoms with van der Waals surface area (Å²) in [6, 6.07) is 25.1. The molecule has 2 aliphatic carbocycles. The number of rotatable bonds is 0. The number of fused-ring (bicyclic) bond motifs is 10. The maximum absolute atomic E-state index is 4.84. The van der Waals surface area contributed by atoms with E-state index in [9.17, 15) is 0 Å². The van der Waals surface area contributed by atoms with Crippen molar-refractivity contribution in [2.75, 3.05) is 4.90 Å². The van der Waals surface area contributed by atoms with Crippen molar-refractivity contribution in [2.45, 2.75) is 25.7 Å². The zero-order valence-corrected chi connectivity index (χ0v) is 19.2. The summed E-state index contributed by atoms with van der Waals surface area (Å²) in [7, 11) is 0. The molecule has 0 N–H and O–H groups in total. The van der Waals surface area contributed by atoms with E-state index in [1.807, 2.05) is 18.5 Å². The lowest BCUT2D eigenvalue weighted by molar-refractivity contribution is 0.938. The lowest BCUT2D eigenvalue weighted by atomic mass is 9.88. The van der Waals surface area contributed by atoms with E-state index >= 15 is 0 Å². The highest BCUT2D eigenvalue weighted by atomic mass is 15.2. The smallest absolute Gasteiger partial charge is 0.141 e. The second kappa shape index (κ2) is 6.25. The van der Waals surface area contributed by atoms with E-state index in [0.29, 0.717) is 0 Å². The van der Waals surface area contributed by atoms with E-state index in [-0.39, 0.29) is 0 Å². The van der Waals surface area contributed by atoms with Crippen molar-refractivity contribution in [1.82, 2.24) is 9.97 Å². The van der Waals surface area contributed by atoms with Crippen LogP contribution in [0.2, 0.25) is 0 Å². The standard InChI is InChI=1S/C32H21N3/c1-2-6-25-18(4-1)10-21-14-27-22(13-26(21)25)12-23-17-30-24(15-28(23)27)11-19-7-9-33-29-16-20-5-3-8-34-32(20)35(30)31(19)29/h1-9,13-15,17H,10-12,16H2. The Labute approximate surface area is 203 Å². The predicted molar refractivity (Wildman–Crippen MR) is 139 cm³/mol. The van der Waals surface area contributed by atoms with Crippen molar-refractivity contribution in [3.05, 3.63) is 124 Å². The molecule has 0 fully saturated rings. The van der Waals surface area contributed by atoms with Gasteiger partial charge in [-0.25, -0.2) is 4.98 Å². The van der Waals surface area contributed by atoms with Gasteiger partial charge in [0.15, 0.2) is 0 Å². The Kier molecular flexibility index (Phi) is 3.24. The molecule has 0 saturated carbocycles. The van der Waals surface area contributed by atoms with Crippen LogP contribution in [0, 0.1) is 0 Å². The fourth-order valence-corrected chi connectivity index (χ4v) is 6.84. The van der Waals surface area contributed by atoms with Crippen LogP contribution in [-0.4, -0.2) is 9.97 Å². The van der Waals surface area contributed by atoms with Crippen molar-refractivity contribution in [3.8, 4) is 22.3 Å². The summed E-state index contributed by atoms with van der Waals surface area (Å²) in [5.41, 5.74) is 19.1. The second-order valence-electron chi connectivity index (χ2n) is 10.3. The summed E-state index contributed by atoms with van der Waals surface area (Å²) >= 11 is 0. The van der Waals surface area contributed by atoms with Crippen molar-refractivity contribution >= 4 is 17.2 Å². The summed E-state index contributed by atoms with van der Waals surface area (Å²) in [6.45, 7) is 0. The van der Waals surface area contributed by atoms with Crippen LogP contribution in [0.4, 0.5) is 17.2 Å². The fourth-order valence-electron chi connectivity index (χ4n) is 6.84. The van der Waals surface area contributed by atoms with Crippen LogP contribution in [0.3, 0.4) is 0 Å². The molecular formula is C32H21N3. The van der Waals surface area contributed by atoms with Gasteiger partial charge in [0.1, 0.15) is 5.82 Å². The first-order valence-electron chi connectivity index (χ1n) is 12.4. The van der Waals surface area contributed by atoms with E-state index < -0.39 is 0 Å². The topological polar surface area (TPSA) is 29.0 Å². The number of pyridine rings is 2. The second-order valence-corrected chi connectivity index (χ2v) is 10.3. The highest BCUT2D eigenvalue weighted by molar-refractivity contribution is 5.91. The molecule has 0 radical (unpaired) electrons. The van der Waals surface area contributed by atoms with Gasteiger partial charge in [-0.3, -0.25) is 9.88 Å². The normalized spacial score (nSPS) is 14.9. The molecule has 0 spiro atoms. The molecule has 0 atom stereocenters. The van der Waals surface area contributed by atoms with Gasteiger partial charge in [-0.1, -0.05) is 30.3 Å². The van der Waals surface area contributed by atoms with E-state index in [0.717, 1.165) is 37.2 Å². The number of hydrogen-bond donors (Lipinski definition) is 0. The molecule has 0 bridgehead atoms. The summed E-state index contributed by atoms with van der Waals surface area (Å²) in [4.78, 5) is 12.0. The van der Waals surface area contributed by atoms with Gasteiger partial charge in [-0.15, -0.1) is 0 Å². The van der Waals surface area contributed by atoms with Crippen molar-refractivity contribution < 1.29 is 0 Å². The van der Waals surface area contributed by atoms with E-state index in [2.05, 4.69) is 65.6 Å². The number of nitrogens with zero attached hydrogens (tertiary/aromatic N) is 3. The molecular weight excluding hydrogens is 426 g/mol. The summed E-state index contributed by atoms with van der Waals surface area (Å²) in [6.07, 6.45) is 7.71. The Morgan fingerprint density at radius 3 is 2.14 bits per heavy atom. The molecule has 5 aromatic rings. The van der Waals surface area contributed by atoms with Gasteiger partial charge < -0.3 is 0 Å². The van der Waals surface area contributed by atoms with Crippen molar-refractivity contribution in [2.24, 2.45) is 0 Å². The quantitative estimate of drug-likeness (QED) is 0.253. The Bertz CT molecular complexity index is 1760. The molecule has 0 saturated heterocycles. The average molecular weight is 448 g/mol. The van der Waals surface area contributed by atoms with Gasteiger partial charge in [0.25, 0.3) is 0 Å². The molecule has 0 unspecified atom stereocenters. The van der Waals surface area contributed by atoms with Gasteiger partial charge in [-0.2, -0.15) is 0 Å². The molecule has 9 rings (SSSR count). The van der Waals surface area contributed by atoms with Crippen LogP contribution in [0.5, 0.6) is 0 Å². The third-order valence-corrected chi connectivity index (χ3v) is 8.36. The molecule has 0 amide bonds. The highest BCUT2D eigenvalue weighted by Gasteiger charge is 2.35. The minimum atomic E-state index is 0.849. The number of hydrogen-bond acceptors (Lipinski definition) is 3. The molecule has 2 aromatic heterocycles. The molecule has 164 valence electrons. The first-order chi connectivity index (χ1) is 17.3. The SMILES string of the molecule is c1ccc2c(c1)Cc1cc3c(cc1-2)Cc1cc2c(cc1-3)Cc1ccnc3c1N2c1ncccc1C3. The fraction of sp³-hybridized carbons (Fsp3) is 0.125. The minimum absolute atomic E-state index is 0.849. The van der Waals surface area contributed by atoms with E-state index in [1.165, 1.54) is 72.6 Å². The lowest BCUT2D eigenvalue weighted by Gasteiger charge is -2.38. The van der Waals surface area contributed by atoms with Gasteiger partial charge >= 0.3 is 0 Å². The van der Waals surface area contributed by atoms with Crippen LogP contribution in [0.1, 0.15) is 44.6 Å². The first-order valence-corrected chi connectivity index (χ1v) is 12.4. The van der Waals surface area contributed by atoms with Crippen molar-refractivity contribution in [1.29, 1.82) is 0 Å². The van der Waals surface area contributed by atoms with E-state index in [4.69, 9.17) is 9.97 Å². The third kappa shape index (κ3) is 2.30. The molecule has 3 nitrogen and oxygen atoms in total. The Balaban J connectivity index is 1.23. The number of benzene rings is 3. The maximum Gasteiger partial charge on any atom is 0.141 e. The largest absolute Gasteiger partial charge is 0.292 e. The van der Waals surface area contributed by atoms with E-state index in [1.54, 1.807) is 0 Å². The first kappa shape index (κ1) is 18.1. The zero-order valence-electron chi connectivity index (χ0n) is 19.2. The van der Waals surface area contributed by atoms with Crippen LogP contribution in [0.15, 0.2) is 79.1 Å². The minimum Gasteiger partial charge on any atom is -0.292 e. The van der Waals surface area contributed by atoms with Crippen LogP contribution >= 0.6 is 0 Å². The van der Waals surface area contributed by atoms with Gasteiger partial charge in [0.05, 0.1) is 17.1 Å². The summed E-state index contributed by atoms with van der Waals surface area (Å²) in [5.74, 6) is 1.06. The van der Waals surface area contributed by atoms with Crippen molar-refractivity contribution in [3.63, 3.8) is 0 Å². The summed E-state index contributed by atoms with van der Waals surface area (Å²) in [5, 5.41) is 0. The molecule has 3 heteroatoms. The monoisotopic (exact) mass is 447 g/mol. The van der Waals surface area contributed by atoms with Crippen LogP contribution in [-0.2, 0) is 25.7 Å². The zero-order chi connectivity index (χ0) is 22.7. The molecule has 4 heterocycles. The van der Waals surface area contributed by atoms with Crippen LogP contribution in [0.25, 0.3) is 22.3 Å².